The fourth-order valence-electron chi connectivity index (χ4n) is 2.78. The molecule has 0 radical (unpaired) electrons. The number of rotatable bonds is 5. The van der Waals surface area contributed by atoms with E-state index in [1.54, 1.807) is 5.38 Å². The van der Waals surface area contributed by atoms with Crippen LogP contribution in [0.2, 0.25) is 0 Å². The molecular weight excluding hydrogens is 388 g/mol. The van der Waals surface area contributed by atoms with Crippen molar-refractivity contribution in [2.75, 3.05) is 25.2 Å². The van der Waals surface area contributed by atoms with Crippen molar-refractivity contribution in [2.24, 2.45) is 0 Å². The van der Waals surface area contributed by atoms with Gasteiger partial charge in [-0.05, 0) is 13.3 Å². The van der Waals surface area contributed by atoms with Crippen molar-refractivity contribution < 1.29 is 22.7 Å². The van der Waals surface area contributed by atoms with Gasteiger partial charge in [-0.2, -0.15) is 0 Å². The number of carbonyl (C=O) groups is 2. The molecule has 1 aromatic carbocycles. The summed E-state index contributed by atoms with van der Waals surface area (Å²) in [5.41, 5.74) is 2.19. The highest BCUT2D eigenvalue weighted by atomic mass is 32.2. The van der Waals surface area contributed by atoms with Crippen LogP contribution in [0.5, 0.6) is 0 Å². The molecule has 1 fully saturated rings. The first kappa shape index (κ1) is 19.5. The van der Waals surface area contributed by atoms with Crippen LogP contribution in [-0.2, 0) is 19.4 Å². The number of hydrogen-bond acceptors (Lipinski definition) is 7. The van der Waals surface area contributed by atoms with E-state index in [0.29, 0.717) is 11.4 Å². The Balaban J connectivity index is 1.56. The molecule has 0 N–H and O–H groups in total. The van der Waals surface area contributed by atoms with Gasteiger partial charge in [-0.25, -0.2) is 18.2 Å². The maximum absolute atomic E-state index is 12.2. The van der Waals surface area contributed by atoms with E-state index in [9.17, 15) is 18.0 Å². The lowest BCUT2D eigenvalue weighted by Crippen LogP contribution is -2.40. The SMILES string of the molecule is Cc1ccc(-c2nc(C(=O)OCC(=O)N(C)[C@@H]3CCS(=O)(=O)C3)cs2)cc1. The van der Waals surface area contributed by atoms with Crippen molar-refractivity contribution in [3.63, 3.8) is 0 Å². The first-order valence-corrected chi connectivity index (χ1v) is 11.1. The molecule has 1 saturated heterocycles. The molecule has 0 unspecified atom stereocenters. The summed E-state index contributed by atoms with van der Waals surface area (Å²) in [5, 5.41) is 2.29. The van der Waals surface area contributed by atoms with Crippen LogP contribution in [0.25, 0.3) is 10.6 Å². The molecule has 2 aromatic rings. The standard InChI is InChI=1S/C18H20N2O5S2/c1-12-3-5-13(6-4-12)17-19-15(10-26-17)18(22)25-9-16(21)20(2)14-7-8-27(23,24)11-14/h3-6,10,14H,7-9,11H2,1-2H3/t14-/m1/s1. The van der Waals surface area contributed by atoms with Crippen molar-refractivity contribution in [3.05, 3.63) is 40.9 Å². The lowest BCUT2D eigenvalue weighted by Gasteiger charge is -2.22. The maximum atomic E-state index is 12.2. The molecule has 27 heavy (non-hydrogen) atoms. The Hall–Kier alpha value is -2.26. The number of likely N-dealkylation sites (N-methyl/N-ethyl adjacent to an activating group) is 1. The molecule has 1 aliphatic rings. The van der Waals surface area contributed by atoms with Crippen LogP contribution in [0.4, 0.5) is 0 Å². The quantitative estimate of drug-likeness (QED) is 0.702. The van der Waals surface area contributed by atoms with Crippen molar-refractivity contribution in [1.29, 1.82) is 0 Å². The van der Waals surface area contributed by atoms with E-state index in [0.717, 1.165) is 11.1 Å². The van der Waals surface area contributed by atoms with Crippen LogP contribution >= 0.6 is 11.3 Å². The van der Waals surface area contributed by atoms with Crippen LogP contribution in [-0.4, -0.2) is 61.4 Å². The molecule has 1 aliphatic heterocycles. The monoisotopic (exact) mass is 408 g/mol. The molecule has 0 aliphatic carbocycles. The topological polar surface area (TPSA) is 93.6 Å². The minimum absolute atomic E-state index is 0.0464. The Morgan fingerprint density at radius 3 is 2.63 bits per heavy atom. The van der Waals surface area contributed by atoms with Gasteiger partial charge < -0.3 is 9.64 Å². The number of thiazole rings is 1. The van der Waals surface area contributed by atoms with E-state index < -0.39 is 28.3 Å². The molecule has 7 nitrogen and oxygen atoms in total. The summed E-state index contributed by atoms with van der Waals surface area (Å²) in [4.78, 5) is 29.9. The smallest absolute Gasteiger partial charge is 0.358 e. The number of aromatic nitrogens is 1. The Morgan fingerprint density at radius 2 is 2.00 bits per heavy atom. The number of esters is 1. The highest BCUT2D eigenvalue weighted by molar-refractivity contribution is 7.91. The lowest BCUT2D eigenvalue weighted by molar-refractivity contribution is -0.134. The van der Waals surface area contributed by atoms with E-state index in [2.05, 4.69) is 4.98 Å². The highest BCUT2D eigenvalue weighted by Gasteiger charge is 2.33. The lowest BCUT2D eigenvalue weighted by atomic mass is 10.2. The first-order valence-electron chi connectivity index (χ1n) is 8.41. The summed E-state index contributed by atoms with van der Waals surface area (Å²) >= 11 is 1.32. The molecule has 2 heterocycles. The van der Waals surface area contributed by atoms with E-state index in [4.69, 9.17) is 4.74 Å². The molecule has 0 saturated carbocycles. The number of carbonyl (C=O) groups excluding carboxylic acids is 2. The number of sulfone groups is 1. The third-order valence-electron chi connectivity index (χ3n) is 4.49. The molecular formula is C18H20N2O5S2. The van der Waals surface area contributed by atoms with E-state index in [-0.39, 0.29) is 23.2 Å². The van der Waals surface area contributed by atoms with Gasteiger partial charge in [0, 0.05) is 24.0 Å². The largest absolute Gasteiger partial charge is 0.451 e. The number of hydrogen-bond donors (Lipinski definition) is 0. The highest BCUT2D eigenvalue weighted by Crippen LogP contribution is 2.24. The summed E-state index contributed by atoms with van der Waals surface area (Å²) in [6, 6.07) is 7.42. The van der Waals surface area contributed by atoms with Gasteiger partial charge in [-0.3, -0.25) is 4.79 Å². The van der Waals surface area contributed by atoms with Gasteiger partial charge in [0.05, 0.1) is 11.5 Å². The van der Waals surface area contributed by atoms with E-state index in [1.807, 2.05) is 31.2 Å². The summed E-state index contributed by atoms with van der Waals surface area (Å²) in [7, 11) is -1.56. The summed E-state index contributed by atoms with van der Waals surface area (Å²) in [6.45, 7) is 1.55. The summed E-state index contributed by atoms with van der Waals surface area (Å²) in [5.74, 6) is -1.07. The second-order valence-corrected chi connectivity index (χ2v) is 9.63. The molecule has 1 amide bonds. The van der Waals surface area contributed by atoms with Crippen molar-refractivity contribution in [1.82, 2.24) is 9.88 Å². The van der Waals surface area contributed by atoms with E-state index >= 15 is 0 Å². The first-order chi connectivity index (χ1) is 12.7. The third kappa shape index (κ3) is 4.72. The number of aryl methyl sites for hydroxylation is 1. The minimum Gasteiger partial charge on any atom is -0.451 e. The van der Waals surface area contributed by atoms with Gasteiger partial charge in [-0.1, -0.05) is 29.8 Å². The second-order valence-electron chi connectivity index (χ2n) is 6.54. The van der Waals surface area contributed by atoms with Crippen LogP contribution in [0, 0.1) is 6.92 Å². The van der Waals surface area contributed by atoms with Crippen LogP contribution in [0.1, 0.15) is 22.5 Å². The van der Waals surface area contributed by atoms with Crippen LogP contribution in [0.15, 0.2) is 29.6 Å². The molecule has 9 heteroatoms. The Labute approximate surface area is 161 Å². The van der Waals surface area contributed by atoms with Gasteiger partial charge in [0.2, 0.25) is 0 Å². The van der Waals surface area contributed by atoms with Crippen LogP contribution < -0.4 is 0 Å². The Morgan fingerprint density at radius 1 is 1.30 bits per heavy atom. The normalized spacial score (nSPS) is 18.2. The molecule has 0 bridgehead atoms. The summed E-state index contributed by atoms with van der Waals surface area (Å²) < 4.78 is 28.1. The Kier molecular flexibility index (Phi) is 5.61. The van der Waals surface area contributed by atoms with E-state index in [1.165, 1.54) is 23.3 Å². The zero-order valence-corrected chi connectivity index (χ0v) is 16.7. The molecule has 1 aromatic heterocycles. The fourth-order valence-corrected chi connectivity index (χ4v) is 5.35. The fraction of sp³-hybridized carbons (Fsp3) is 0.389. The van der Waals surface area contributed by atoms with Crippen molar-refractivity contribution in [2.45, 2.75) is 19.4 Å². The van der Waals surface area contributed by atoms with Gasteiger partial charge in [0.1, 0.15) is 5.01 Å². The zero-order valence-electron chi connectivity index (χ0n) is 15.0. The number of benzene rings is 1. The molecule has 0 spiro atoms. The minimum atomic E-state index is -3.08. The maximum Gasteiger partial charge on any atom is 0.358 e. The second kappa shape index (κ2) is 7.77. The van der Waals surface area contributed by atoms with Gasteiger partial charge in [0.15, 0.2) is 22.1 Å². The predicted octanol–water partition coefficient (Wildman–Crippen LogP) is 1.92. The number of nitrogens with zero attached hydrogens (tertiary/aromatic N) is 2. The molecule has 3 rings (SSSR count). The molecule has 144 valence electrons. The average molecular weight is 409 g/mol. The Bertz CT molecular complexity index is 950. The summed E-state index contributed by atoms with van der Waals surface area (Å²) in [6.07, 6.45) is 0.407. The predicted molar refractivity (Wildman–Crippen MR) is 102 cm³/mol. The van der Waals surface area contributed by atoms with Gasteiger partial charge >= 0.3 is 5.97 Å². The van der Waals surface area contributed by atoms with Gasteiger partial charge in [-0.15, -0.1) is 11.3 Å². The average Bonchev–Trinajstić information content (AvgIpc) is 3.26. The van der Waals surface area contributed by atoms with Crippen LogP contribution in [0.3, 0.4) is 0 Å². The molecule has 1 atom stereocenters. The number of ether oxygens (including phenoxy) is 1. The van der Waals surface area contributed by atoms with Gasteiger partial charge in [0.25, 0.3) is 5.91 Å². The number of amides is 1. The van der Waals surface area contributed by atoms with Crippen molar-refractivity contribution in [3.8, 4) is 10.6 Å². The zero-order chi connectivity index (χ0) is 19.6. The van der Waals surface area contributed by atoms with Crippen molar-refractivity contribution >= 4 is 33.1 Å². The third-order valence-corrected chi connectivity index (χ3v) is 7.13.